The molecule has 2 heterocycles. The number of aryl methyl sites for hydroxylation is 1. The molecule has 6 aromatic rings. The van der Waals surface area contributed by atoms with Gasteiger partial charge < -0.3 is 34.7 Å². The Kier molecular flexibility index (Phi) is 14.1. The number of fused-ring (bicyclic) bond motifs is 2. The lowest BCUT2D eigenvalue weighted by atomic mass is 9.88. The molecular formula is C52H65N5O7Si. The Hall–Kier alpha value is -5.73. The molecule has 0 saturated heterocycles. The number of anilines is 1. The van der Waals surface area contributed by atoms with Crippen LogP contribution in [0.15, 0.2) is 111 Å². The van der Waals surface area contributed by atoms with E-state index < -0.39 is 20.2 Å². The Morgan fingerprint density at radius 2 is 1.69 bits per heavy atom. The van der Waals surface area contributed by atoms with Gasteiger partial charge in [0.05, 0.1) is 22.8 Å². The molecule has 5 N–H and O–H groups in total. The number of phenols is 1. The molecule has 2 aromatic heterocycles. The first-order chi connectivity index (χ1) is 30.8. The first-order valence-electron chi connectivity index (χ1n) is 22.8. The minimum absolute atomic E-state index is 0.00234. The highest BCUT2D eigenvalue weighted by Crippen LogP contribution is 2.41. The van der Waals surface area contributed by atoms with E-state index in [4.69, 9.17) is 8.84 Å². The number of carboxylic acid groups (broad SMARTS) is 1. The third-order valence-corrected chi connectivity index (χ3v) is 17.5. The van der Waals surface area contributed by atoms with Crippen LogP contribution >= 0.6 is 0 Å². The minimum atomic E-state index is -2.26. The maximum absolute atomic E-state index is 13.2. The van der Waals surface area contributed by atoms with E-state index in [9.17, 15) is 24.6 Å². The highest BCUT2D eigenvalue weighted by Gasteiger charge is 2.40. The molecule has 1 fully saturated rings. The number of allylic oxidation sites excluding steroid dienone is 1. The Bertz CT molecular complexity index is 2770. The highest BCUT2D eigenvalue weighted by molar-refractivity contribution is 6.74. The number of hydrogen-bond acceptors (Lipinski definition) is 8. The molecule has 65 heavy (non-hydrogen) atoms. The lowest BCUT2D eigenvalue weighted by molar-refractivity contribution is 0.181. The second kappa shape index (κ2) is 19.4. The van der Waals surface area contributed by atoms with Gasteiger partial charge in [0.1, 0.15) is 5.75 Å². The molecule has 0 unspecified atom stereocenters. The molecule has 1 atom stereocenters. The quantitative estimate of drug-likeness (QED) is 0.0632. The number of amides is 1. The van der Waals surface area contributed by atoms with Gasteiger partial charge in [0, 0.05) is 54.3 Å². The first-order valence-corrected chi connectivity index (χ1v) is 25.7. The van der Waals surface area contributed by atoms with Gasteiger partial charge in [-0.15, -0.1) is 0 Å². The average Bonchev–Trinajstić information content (AvgIpc) is 3.56. The van der Waals surface area contributed by atoms with Crippen LogP contribution in [0.1, 0.15) is 96.4 Å². The Morgan fingerprint density at radius 1 is 0.954 bits per heavy atom. The van der Waals surface area contributed by atoms with Crippen molar-refractivity contribution in [2.45, 2.75) is 129 Å². The van der Waals surface area contributed by atoms with Crippen molar-refractivity contribution in [1.29, 1.82) is 0 Å². The molecule has 1 aliphatic carbocycles. The highest BCUT2D eigenvalue weighted by atomic mass is 28.4. The summed E-state index contributed by atoms with van der Waals surface area (Å²) in [6.07, 6.45) is 6.59. The molecule has 0 aliphatic heterocycles. The molecule has 0 spiro atoms. The number of aromatic amines is 1. The molecule has 1 amide bonds. The molecule has 12 nitrogen and oxygen atoms in total. The SMILES string of the molecule is CC(C)(C)NC1CCC(N(C(=O)O)c2cc(/C=C/CCn3c(=O)oc4cc(CNC[C@@H](O[Si](C)(C)C(C)(C)C)c5ccc(O)c6[nH]c(=O)ccc56)ccc43)ccc2-c2ccccc2)CC1. The number of H-pyrrole nitrogens is 1. The van der Waals surface area contributed by atoms with E-state index in [1.165, 1.54) is 6.07 Å². The van der Waals surface area contributed by atoms with Gasteiger partial charge in [-0.3, -0.25) is 14.3 Å². The van der Waals surface area contributed by atoms with Gasteiger partial charge >= 0.3 is 11.8 Å². The number of hydrogen-bond donors (Lipinski definition) is 5. The van der Waals surface area contributed by atoms with Crippen LogP contribution in [0, 0.1) is 0 Å². The number of benzene rings is 4. The van der Waals surface area contributed by atoms with E-state index >= 15 is 0 Å². The predicted molar refractivity (Wildman–Crippen MR) is 264 cm³/mol. The Balaban J connectivity index is 1.04. The second-order valence-corrected chi connectivity index (χ2v) is 24.7. The number of carbonyl (C=O) groups is 1. The van der Waals surface area contributed by atoms with E-state index in [0.29, 0.717) is 54.4 Å². The maximum Gasteiger partial charge on any atom is 0.419 e. The fourth-order valence-electron chi connectivity index (χ4n) is 8.75. The van der Waals surface area contributed by atoms with E-state index in [1.54, 1.807) is 21.6 Å². The van der Waals surface area contributed by atoms with Crippen molar-refractivity contribution in [3.63, 3.8) is 0 Å². The summed E-state index contributed by atoms with van der Waals surface area (Å²) in [5.74, 6) is -0.430. The van der Waals surface area contributed by atoms with Gasteiger partial charge in [-0.1, -0.05) is 87.5 Å². The number of nitrogens with zero attached hydrogens (tertiary/aromatic N) is 2. The van der Waals surface area contributed by atoms with E-state index in [0.717, 1.165) is 58.9 Å². The normalized spacial score (nSPS) is 16.7. The Labute approximate surface area is 382 Å². The molecule has 1 aliphatic rings. The van der Waals surface area contributed by atoms with Crippen molar-refractivity contribution >= 4 is 48.2 Å². The second-order valence-electron chi connectivity index (χ2n) is 20.0. The number of aromatic hydroxyl groups is 1. The summed E-state index contributed by atoms with van der Waals surface area (Å²) in [5, 5.41) is 29.2. The van der Waals surface area contributed by atoms with Crippen LogP contribution in [0.5, 0.6) is 5.75 Å². The third kappa shape index (κ3) is 11.2. The predicted octanol–water partition coefficient (Wildman–Crippen LogP) is 10.9. The minimum Gasteiger partial charge on any atom is -0.506 e. The number of nitrogens with one attached hydrogen (secondary N) is 3. The summed E-state index contributed by atoms with van der Waals surface area (Å²) < 4.78 is 14.4. The molecule has 344 valence electrons. The number of aromatic nitrogens is 2. The summed E-state index contributed by atoms with van der Waals surface area (Å²) >= 11 is 0. The smallest absolute Gasteiger partial charge is 0.419 e. The molecule has 7 rings (SSSR count). The van der Waals surface area contributed by atoms with Crippen molar-refractivity contribution in [2.24, 2.45) is 0 Å². The average molecular weight is 900 g/mol. The lowest BCUT2D eigenvalue weighted by Gasteiger charge is -2.39. The third-order valence-electron chi connectivity index (χ3n) is 13.0. The zero-order valence-corrected chi connectivity index (χ0v) is 40.0. The summed E-state index contributed by atoms with van der Waals surface area (Å²) in [4.78, 5) is 42.7. The van der Waals surface area contributed by atoms with Crippen molar-refractivity contribution < 1.29 is 23.9 Å². The van der Waals surface area contributed by atoms with Crippen molar-refractivity contribution in [1.82, 2.24) is 20.2 Å². The van der Waals surface area contributed by atoms with Crippen LogP contribution in [0.4, 0.5) is 10.5 Å². The largest absolute Gasteiger partial charge is 0.506 e. The maximum atomic E-state index is 13.2. The number of rotatable bonds is 15. The van der Waals surface area contributed by atoms with Gasteiger partial charge in [-0.2, -0.15) is 0 Å². The molecular weight excluding hydrogens is 835 g/mol. The van der Waals surface area contributed by atoms with Crippen LogP contribution in [0.2, 0.25) is 18.1 Å². The zero-order chi connectivity index (χ0) is 46.7. The fraction of sp³-hybridized carbons (Fsp3) is 0.404. The van der Waals surface area contributed by atoms with Gasteiger partial charge in [0.2, 0.25) is 5.56 Å². The van der Waals surface area contributed by atoms with Crippen LogP contribution < -0.4 is 26.8 Å². The summed E-state index contributed by atoms with van der Waals surface area (Å²) in [7, 11) is -2.26. The van der Waals surface area contributed by atoms with E-state index in [-0.39, 0.29) is 34.0 Å². The standard InChI is InChI=1S/C52H65N5O7Si/c1-51(2,3)55-37-19-21-38(22-20-37)57(49(60)61)43-30-34(17-23-39(43)36-15-10-9-11-16-36)14-12-13-29-56-42-26-18-35(31-45(42)63-50(56)62)32-53-33-46(64-65(7,8)52(4,5)6)40-24-27-44(58)48-41(40)25-28-47(59)54-48/h9-12,14-18,23-28,30-31,37-38,46,53,55,58H,13,19-22,29,32-33H2,1-8H3,(H,54,59)(H,60,61)/b14-12+/t37?,38?,46-/m1/s1. The summed E-state index contributed by atoms with van der Waals surface area (Å²) in [6, 6.07) is 28.6. The number of pyridine rings is 1. The molecule has 4 aromatic carbocycles. The van der Waals surface area contributed by atoms with Crippen molar-refractivity contribution in [3.8, 4) is 16.9 Å². The molecule has 0 bridgehead atoms. The fourth-order valence-corrected chi connectivity index (χ4v) is 10.0. The first kappa shape index (κ1) is 47.2. The zero-order valence-electron chi connectivity index (χ0n) is 39.0. The monoisotopic (exact) mass is 899 g/mol. The van der Waals surface area contributed by atoms with E-state index in [2.05, 4.69) is 70.3 Å². The summed E-state index contributed by atoms with van der Waals surface area (Å²) in [6.45, 7) is 18.8. The van der Waals surface area contributed by atoms with Crippen molar-refractivity contribution in [3.05, 3.63) is 135 Å². The number of oxazole rings is 1. The van der Waals surface area contributed by atoms with Crippen LogP contribution in [-0.4, -0.2) is 58.3 Å². The van der Waals surface area contributed by atoms with Crippen LogP contribution in [0.25, 0.3) is 39.2 Å². The topological polar surface area (TPSA) is 162 Å². The van der Waals surface area contributed by atoms with Gasteiger partial charge in [0.25, 0.3) is 0 Å². The Morgan fingerprint density at radius 3 is 2.38 bits per heavy atom. The molecule has 0 radical (unpaired) electrons. The van der Waals surface area contributed by atoms with Crippen LogP contribution in [0.3, 0.4) is 0 Å². The number of phenolic OH excluding ortho intramolecular Hbond substituents is 1. The van der Waals surface area contributed by atoms with Gasteiger partial charge in [0.15, 0.2) is 13.9 Å². The van der Waals surface area contributed by atoms with E-state index in [1.807, 2.05) is 84.9 Å². The van der Waals surface area contributed by atoms with Crippen molar-refractivity contribution in [2.75, 3.05) is 11.4 Å². The van der Waals surface area contributed by atoms with Gasteiger partial charge in [-0.25, -0.2) is 9.59 Å². The molecule has 13 heteroatoms. The summed E-state index contributed by atoms with van der Waals surface area (Å²) in [5.41, 5.74) is 6.47. The van der Waals surface area contributed by atoms with Gasteiger partial charge in [-0.05, 0) is 124 Å². The van der Waals surface area contributed by atoms with Crippen LogP contribution in [-0.2, 0) is 17.5 Å². The molecule has 1 saturated carbocycles. The lowest BCUT2D eigenvalue weighted by Crippen LogP contribution is -2.49.